The molecule has 1 heteroatoms. The number of rotatable bonds is 0. The average molecular weight is 313 g/mol. The van der Waals surface area contributed by atoms with Crippen molar-refractivity contribution in [1.82, 2.24) is 0 Å². The lowest BCUT2D eigenvalue weighted by atomic mass is 9.61. The molecule has 0 saturated heterocycles. The standard InChI is InChI=1S/C23H23N/c24-14-15-5-6-17-8-10-21-20-9-7-16-3-1-2-4-18(16)19(20)11-12-22(21)23(17)13-15/h1-4,7,11-12,15,17,20-21H,5-6,8-10,13H2. The summed E-state index contributed by atoms with van der Waals surface area (Å²) >= 11 is 0. The molecule has 1 aromatic rings. The summed E-state index contributed by atoms with van der Waals surface area (Å²) in [6.45, 7) is 0. The number of allylic oxidation sites excluding steroid dienone is 4. The van der Waals surface area contributed by atoms with E-state index >= 15 is 0 Å². The van der Waals surface area contributed by atoms with Gasteiger partial charge in [0.1, 0.15) is 0 Å². The third-order valence-corrected chi connectivity index (χ3v) is 6.79. The molecule has 120 valence electrons. The summed E-state index contributed by atoms with van der Waals surface area (Å²) < 4.78 is 0. The Hall–Kier alpha value is -2.07. The zero-order chi connectivity index (χ0) is 16.1. The first-order valence-corrected chi connectivity index (χ1v) is 9.45. The Kier molecular flexibility index (Phi) is 3.27. The smallest absolute Gasteiger partial charge is 0.0659 e. The van der Waals surface area contributed by atoms with Gasteiger partial charge < -0.3 is 0 Å². The van der Waals surface area contributed by atoms with Crippen molar-refractivity contribution in [3.8, 4) is 6.07 Å². The zero-order valence-corrected chi connectivity index (χ0v) is 14.0. The number of nitriles is 1. The minimum Gasteiger partial charge on any atom is -0.198 e. The van der Waals surface area contributed by atoms with Gasteiger partial charge in [0.15, 0.2) is 0 Å². The highest BCUT2D eigenvalue weighted by atomic mass is 14.4. The van der Waals surface area contributed by atoms with Crippen LogP contribution in [0.1, 0.15) is 38.5 Å². The fraction of sp³-hybridized carbons (Fsp3) is 0.435. The second-order valence-electron chi connectivity index (χ2n) is 7.89. The van der Waals surface area contributed by atoms with Crippen LogP contribution in [0.5, 0.6) is 0 Å². The first-order valence-electron chi connectivity index (χ1n) is 9.45. The van der Waals surface area contributed by atoms with E-state index in [1.54, 1.807) is 16.7 Å². The van der Waals surface area contributed by atoms with E-state index in [9.17, 15) is 5.26 Å². The summed E-state index contributed by atoms with van der Waals surface area (Å²) in [6, 6.07) is 11.4. The van der Waals surface area contributed by atoms with Crippen LogP contribution in [-0.2, 0) is 0 Å². The molecule has 0 amide bonds. The molecule has 24 heavy (non-hydrogen) atoms. The molecule has 1 aromatic carbocycles. The van der Waals surface area contributed by atoms with Crippen LogP contribution in [0.4, 0.5) is 0 Å². The van der Waals surface area contributed by atoms with Crippen molar-refractivity contribution in [1.29, 1.82) is 5.26 Å². The molecule has 1 fully saturated rings. The molecule has 0 N–H and O–H groups in total. The molecule has 0 spiro atoms. The first kappa shape index (κ1) is 14.3. The molecule has 4 aliphatic carbocycles. The van der Waals surface area contributed by atoms with Crippen LogP contribution >= 0.6 is 0 Å². The third-order valence-electron chi connectivity index (χ3n) is 6.79. The molecule has 0 aromatic heterocycles. The van der Waals surface area contributed by atoms with E-state index in [2.05, 4.69) is 48.6 Å². The Bertz CT molecular complexity index is 908. The summed E-state index contributed by atoms with van der Waals surface area (Å²) in [4.78, 5) is 0. The number of fused-ring (bicyclic) bond motifs is 5. The maximum Gasteiger partial charge on any atom is 0.0659 e. The van der Waals surface area contributed by atoms with Crippen molar-refractivity contribution in [3.05, 3.63) is 58.0 Å². The topological polar surface area (TPSA) is 23.8 Å². The minimum absolute atomic E-state index is 0.250. The van der Waals surface area contributed by atoms with E-state index in [4.69, 9.17) is 0 Å². The fourth-order valence-corrected chi connectivity index (χ4v) is 5.61. The van der Waals surface area contributed by atoms with Crippen LogP contribution < -0.4 is 10.4 Å². The van der Waals surface area contributed by atoms with Gasteiger partial charge in [-0.25, -0.2) is 0 Å². The van der Waals surface area contributed by atoms with Crippen LogP contribution in [0, 0.1) is 35.0 Å². The monoisotopic (exact) mass is 313 g/mol. The average Bonchev–Trinajstić information content (AvgIpc) is 2.66. The lowest BCUT2D eigenvalue weighted by Crippen LogP contribution is -2.38. The van der Waals surface area contributed by atoms with E-state index in [-0.39, 0.29) is 5.92 Å². The highest BCUT2D eigenvalue weighted by Crippen LogP contribution is 2.50. The van der Waals surface area contributed by atoms with Gasteiger partial charge in [-0.2, -0.15) is 5.26 Å². The zero-order valence-electron chi connectivity index (χ0n) is 14.0. The van der Waals surface area contributed by atoms with Gasteiger partial charge in [0, 0.05) is 0 Å². The van der Waals surface area contributed by atoms with Gasteiger partial charge in [-0.05, 0) is 77.9 Å². The molecular weight excluding hydrogens is 290 g/mol. The highest BCUT2D eigenvalue weighted by Gasteiger charge is 2.38. The Morgan fingerprint density at radius 3 is 2.67 bits per heavy atom. The number of nitrogens with zero attached hydrogens (tertiary/aromatic N) is 1. The van der Waals surface area contributed by atoms with Crippen LogP contribution in [0.3, 0.4) is 0 Å². The fourth-order valence-electron chi connectivity index (χ4n) is 5.61. The van der Waals surface area contributed by atoms with Gasteiger partial charge in [0.2, 0.25) is 0 Å². The predicted octanol–water partition coefficient (Wildman–Crippen LogP) is 3.85. The van der Waals surface area contributed by atoms with Crippen molar-refractivity contribution in [2.75, 3.05) is 0 Å². The Balaban J connectivity index is 1.65. The quantitative estimate of drug-likeness (QED) is 0.713. The van der Waals surface area contributed by atoms with Crippen LogP contribution in [0.2, 0.25) is 0 Å². The van der Waals surface area contributed by atoms with E-state index in [0.717, 1.165) is 18.8 Å². The molecule has 0 radical (unpaired) electrons. The van der Waals surface area contributed by atoms with Gasteiger partial charge in [-0.15, -0.1) is 0 Å². The molecule has 1 saturated carbocycles. The summed E-state index contributed by atoms with van der Waals surface area (Å²) in [5.41, 5.74) is 4.79. The van der Waals surface area contributed by atoms with E-state index in [0.29, 0.717) is 11.8 Å². The van der Waals surface area contributed by atoms with Crippen LogP contribution in [0.15, 0.2) is 47.6 Å². The lowest BCUT2D eigenvalue weighted by Gasteiger charge is -2.43. The van der Waals surface area contributed by atoms with E-state index in [1.165, 1.54) is 36.1 Å². The number of hydrogen-bond donors (Lipinski definition) is 0. The van der Waals surface area contributed by atoms with Gasteiger partial charge in [-0.3, -0.25) is 0 Å². The molecular formula is C23H23N. The van der Waals surface area contributed by atoms with E-state index in [1.807, 2.05) is 0 Å². The molecule has 0 heterocycles. The third kappa shape index (κ3) is 2.06. The van der Waals surface area contributed by atoms with Gasteiger partial charge >= 0.3 is 0 Å². The van der Waals surface area contributed by atoms with Crippen LogP contribution in [0.25, 0.3) is 11.6 Å². The molecule has 0 aliphatic heterocycles. The first-order chi connectivity index (χ1) is 11.8. The van der Waals surface area contributed by atoms with Gasteiger partial charge in [0.25, 0.3) is 0 Å². The van der Waals surface area contributed by atoms with Gasteiger partial charge in [-0.1, -0.05) is 48.1 Å². The molecule has 0 bridgehead atoms. The SMILES string of the molecule is N#CC1CCC2CCC3C(=C2C1)C=CC1=c2ccccc2=CCC13. The normalized spacial score (nSPS) is 33.5. The molecule has 4 aliphatic rings. The Labute approximate surface area is 143 Å². The summed E-state index contributed by atoms with van der Waals surface area (Å²) in [5, 5.41) is 12.2. The van der Waals surface area contributed by atoms with Crippen molar-refractivity contribution < 1.29 is 0 Å². The Morgan fingerprint density at radius 2 is 1.75 bits per heavy atom. The molecule has 5 rings (SSSR count). The van der Waals surface area contributed by atoms with Crippen LogP contribution in [-0.4, -0.2) is 0 Å². The van der Waals surface area contributed by atoms with E-state index < -0.39 is 0 Å². The molecule has 1 nitrogen and oxygen atoms in total. The minimum atomic E-state index is 0.250. The Morgan fingerprint density at radius 1 is 0.917 bits per heavy atom. The lowest BCUT2D eigenvalue weighted by molar-refractivity contribution is 0.301. The maximum atomic E-state index is 9.37. The highest BCUT2D eigenvalue weighted by molar-refractivity contribution is 5.68. The van der Waals surface area contributed by atoms with Crippen molar-refractivity contribution in [2.45, 2.75) is 38.5 Å². The van der Waals surface area contributed by atoms with Crippen molar-refractivity contribution in [2.24, 2.45) is 23.7 Å². The number of hydrogen-bond acceptors (Lipinski definition) is 1. The maximum absolute atomic E-state index is 9.37. The molecule has 4 unspecified atom stereocenters. The summed E-state index contributed by atoms with van der Waals surface area (Å²) in [5.74, 6) is 2.33. The summed E-state index contributed by atoms with van der Waals surface area (Å²) in [7, 11) is 0. The second kappa shape index (κ2) is 5.49. The van der Waals surface area contributed by atoms with Gasteiger partial charge in [0.05, 0.1) is 12.0 Å². The second-order valence-corrected chi connectivity index (χ2v) is 7.89. The van der Waals surface area contributed by atoms with Crippen molar-refractivity contribution >= 4 is 11.6 Å². The molecule has 4 atom stereocenters. The summed E-state index contributed by atoms with van der Waals surface area (Å²) in [6.07, 6.45) is 14.5. The van der Waals surface area contributed by atoms with Crippen molar-refractivity contribution in [3.63, 3.8) is 0 Å². The predicted molar refractivity (Wildman–Crippen MR) is 97.0 cm³/mol. The largest absolute Gasteiger partial charge is 0.198 e. The number of benzene rings is 1.